The zero-order valence-electron chi connectivity index (χ0n) is 23.9. The Kier molecular flexibility index (Phi) is 9.29. The molecule has 10 heteroatoms. The number of likely N-dealkylation sites (tertiary alicyclic amines) is 1. The zero-order valence-corrected chi connectivity index (χ0v) is 24.7. The van der Waals surface area contributed by atoms with E-state index in [0.717, 1.165) is 53.8 Å². The van der Waals surface area contributed by atoms with Gasteiger partial charge in [-0.05, 0) is 57.1 Å². The Morgan fingerprint density at radius 3 is 2.68 bits per heavy atom. The van der Waals surface area contributed by atoms with Crippen molar-refractivity contribution in [2.75, 3.05) is 26.4 Å². The summed E-state index contributed by atoms with van der Waals surface area (Å²) in [5.41, 5.74) is 2.47. The van der Waals surface area contributed by atoms with E-state index >= 15 is 0 Å². The normalized spacial score (nSPS) is 19.2. The van der Waals surface area contributed by atoms with E-state index in [1.54, 1.807) is 13.0 Å². The third-order valence-corrected chi connectivity index (χ3v) is 9.13. The van der Waals surface area contributed by atoms with Crippen molar-refractivity contribution in [1.82, 2.24) is 20.2 Å². The third kappa shape index (κ3) is 6.28. The number of para-hydroxylation sites is 1. The summed E-state index contributed by atoms with van der Waals surface area (Å²) in [4.78, 5) is 51.0. The van der Waals surface area contributed by atoms with Gasteiger partial charge in [-0.15, -0.1) is 11.3 Å². The predicted octanol–water partition coefficient (Wildman–Crippen LogP) is 5.16. The molecule has 0 unspecified atom stereocenters. The quantitative estimate of drug-likeness (QED) is 0.349. The molecule has 0 saturated carbocycles. The molecule has 0 radical (unpaired) electrons. The van der Waals surface area contributed by atoms with E-state index in [4.69, 9.17) is 14.5 Å². The van der Waals surface area contributed by atoms with Crippen LogP contribution in [0.25, 0.3) is 22.2 Å². The number of esters is 1. The number of nitrogens with one attached hydrogen (secondary N) is 1. The number of thiazole rings is 1. The fraction of sp³-hybridized carbons (Fsp3) is 0.516. The number of carbonyl (C=O) groups excluding carboxylic acids is 3. The van der Waals surface area contributed by atoms with E-state index in [2.05, 4.69) is 10.3 Å². The minimum absolute atomic E-state index is 0.0354. The van der Waals surface area contributed by atoms with Gasteiger partial charge in [-0.2, -0.15) is 0 Å². The van der Waals surface area contributed by atoms with Gasteiger partial charge in [0.25, 0.3) is 0 Å². The first-order valence-corrected chi connectivity index (χ1v) is 15.5. The number of pyridine rings is 1. The Bertz CT molecular complexity index is 1400. The van der Waals surface area contributed by atoms with Crippen molar-refractivity contribution >= 4 is 40.0 Å². The van der Waals surface area contributed by atoms with Crippen molar-refractivity contribution in [3.05, 3.63) is 46.4 Å². The van der Waals surface area contributed by atoms with Gasteiger partial charge in [0.05, 0.1) is 23.9 Å². The van der Waals surface area contributed by atoms with Crippen LogP contribution in [0.2, 0.25) is 0 Å². The summed E-state index contributed by atoms with van der Waals surface area (Å²) in [6.07, 6.45) is 3.89. The topological polar surface area (TPSA) is 111 Å². The van der Waals surface area contributed by atoms with Gasteiger partial charge in [-0.3, -0.25) is 9.59 Å². The molecule has 5 rings (SSSR count). The van der Waals surface area contributed by atoms with Crippen molar-refractivity contribution < 1.29 is 23.9 Å². The Labute approximate surface area is 244 Å². The summed E-state index contributed by atoms with van der Waals surface area (Å²) < 4.78 is 10.8. The van der Waals surface area contributed by atoms with Crippen LogP contribution in [0.1, 0.15) is 74.4 Å². The molecular weight excluding hydrogens is 540 g/mol. The minimum atomic E-state index is -0.572. The molecule has 2 aliphatic rings. The second-order valence-corrected chi connectivity index (χ2v) is 11.7. The number of amides is 2. The van der Waals surface area contributed by atoms with Gasteiger partial charge in [-0.1, -0.05) is 32.0 Å². The SMILES string of the molecule is CCOC(=O)c1cc(-c2csc([C@@H]3CCCN3C(=O)[C@@H](NC(=O)[C@H](C)CC)C3CCOCC3)n2)c2ccccc2n1. The van der Waals surface area contributed by atoms with Crippen LogP contribution in [0, 0.1) is 11.8 Å². The molecule has 0 bridgehead atoms. The number of aromatic nitrogens is 2. The van der Waals surface area contributed by atoms with Crippen LogP contribution in [0.3, 0.4) is 0 Å². The standard InChI is InChI=1S/C31H38N4O5S/c1-4-19(3)28(36)34-27(20-12-15-39-16-13-20)30(37)35-14-8-11-26(35)29-33-25(18-41-29)22-17-24(31(38)40-5-2)32-23-10-7-6-9-21(22)23/h6-7,9-10,17-20,26-27H,4-5,8,11-16H2,1-3H3,(H,34,36)/t19-,26+,27+/m1/s1. The Balaban J connectivity index is 1.44. The second kappa shape index (κ2) is 13.1. The highest BCUT2D eigenvalue weighted by Crippen LogP contribution is 2.38. The van der Waals surface area contributed by atoms with Crippen LogP contribution in [-0.4, -0.2) is 65.1 Å². The van der Waals surface area contributed by atoms with Crippen molar-refractivity contribution in [2.45, 2.75) is 65.0 Å². The highest BCUT2D eigenvalue weighted by atomic mass is 32.1. The molecule has 0 spiro atoms. The summed E-state index contributed by atoms with van der Waals surface area (Å²) in [7, 11) is 0. The monoisotopic (exact) mass is 578 g/mol. The maximum absolute atomic E-state index is 14.1. The number of hydrogen-bond acceptors (Lipinski definition) is 8. The minimum Gasteiger partial charge on any atom is -0.461 e. The second-order valence-electron chi connectivity index (χ2n) is 10.8. The lowest BCUT2D eigenvalue weighted by atomic mass is 9.90. The lowest BCUT2D eigenvalue weighted by molar-refractivity contribution is -0.140. The molecule has 4 heterocycles. The third-order valence-electron chi connectivity index (χ3n) is 8.18. The molecule has 2 fully saturated rings. The Hall–Kier alpha value is -3.37. The van der Waals surface area contributed by atoms with Crippen LogP contribution < -0.4 is 5.32 Å². The van der Waals surface area contributed by atoms with E-state index in [1.165, 1.54) is 11.3 Å². The maximum Gasteiger partial charge on any atom is 0.356 e. The largest absolute Gasteiger partial charge is 0.461 e. The number of fused-ring (bicyclic) bond motifs is 1. The summed E-state index contributed by atoms with van der Waals surface area (Å²) in [6.45, 7) is 7.73. The van der Waals surface area contributed by atoms with Gasteiger partial charge < -0.3 is 19.7 Å². The van der Waals surface area contributed by atoms with Gasteiger partial charge in [0.15, 0.2) is 0 Å². The molecule has 3 atom stereocenters. The van der Waals surface area contributed by atoms with Gasteiger partial charge in [0, 0.05) is 42.0 Å². The molecule has 2 aliphatic heterocycles. The summed E-state index contributed by atoms with van der Waals surface area (Å²) in [5.74, 6) is -0.697. The summed E-state index contributed by atoms with van der Waals surface area (Å²) in [5, 5.41) is 6.83. The summed E-state index contributed by atoms with van der Waals surface area (Å²) in [6, 6.07) is 8.66. The molecule has 41 heavy (non-hydrogen) atoms. The Morgan fingerprint density at radius 2 is 1.93 bits per heavy atom. The van der Waals surface area contributed by atoms with Crippen molar-refractivity contribution in [2.24, 2.45) is 11.8 Å². The first-order chi connectivity index (χ1) is 19.9. The van der Waals surface area contributed by atoms with E-state index in [-0.39, 0.29) is 42.0 Å². The average molecular weight is 579 g/mol. The average Bonchev–Trinajstić information content (AvgIpc) is 3.69. The molecule has 2 saturated heterocycles. The van der Waals surface area contributed by atoms with Crippen LogP contribution in [0.5, 0.6) is 0 Å². The first-order valence-electron chi connectivity index (χ1n) is 14.6. The van der Waals surface area contributed by atoms with Crippen molar-refractivity contribution in [3.8, 4) is 11.3 Å². The van der Waals surface area contributed by atoms with Crippen LogP contribution in [0.15, 0.2) is 35.7 Å². The maximum atomic E-state index is 14.1. The fourth-order valence-electron chi connectivity index (χ4n) is 5.64. The van der Waals surface area contributed by atoms with Crippen LogP contribution in [-0.2, 0) is 19.1 Å². The molecule has 2 amide bonds. The fourth-order valence-corrected chi connectivity index (χ4v) is 6.60. The van der Waals surface area contributed by atoms with E-state index in [0.29, 0.717) is 25.3 Å². The van der Waals surface area contributed by atoms with Gasteiger partial charge in [-0.25, -0.2) is 14.8 Å². The molecule has 2 aromatic heterocycles. The highest BCUT2D eigenvalue weighted by Gasteiger charge is 2.40. The Morgan fingerprint density at radius 1 is 1.15 bits per heavy atom. The van der Waals surface area contributed by atoms with Gasteiger partial charge in [0.1, 0.15) is 16.7 Å². The number of benzene rings is 1. The molecule has 1 N–H and O–H groups in total. The van der Waals surface area contributed by atoms with E-state index < -0.39 is 12.0 Å². The van der Waals surface area contributed by atoms with Crippen molar-refractivity contribution in [3.63, 3.8) is 0 Å². The number of hydrogen-bond donors (Lipinski definition) is 1. The van der Waals surface area contributed by atoms with E-state index in [9.17, 15) is 14.4 Å². The number of nitrogens with zero attached hydrogens (tertiary/aromatic N) is 3. The molecule has 0 aliphatic carbocycles. The zero-order chi connectivity index (χ0) is 28.9. The van der Waals surface area contributed by atoms with Crippen LogP contribution in [0.4, 0.5) is 0 Å². The smallest absolute Gasteiger partial charge is 0.356 e. The van der Waals surface area contributed by atoms with E-state index in [1.807, 2.05) is 48.4 Å². The first kappa shape index (κ1) is 29.1. The number of rotatable bonds is 9. The van der Waals surface area contributed by atoms with Crippen molar-refractivity contribution in [1.29, 1.82) is 0 Å². The lowest BCUT2D eigenvalue weighted by Gasteiger charge is -2.35. The summed E-state index contributed by atoms with van der Waals surface area (Å²) >= 11 is 1.52. The van der Waals surface area contributed by atoms with Crippen LogP contribution >= 0.6 is 11.3 Å². The van der Waals surface area contributed by atoms with Gasteiger partial charge >= 0.3 is 5.97 Å². The van der Waals surface area contributed by atoms with Gasteiger partial charge in [0.2, 0.25) is 11.8 Å². The molecule has 3 aromatic rings. The molecular formula is C31H38N4O5S. The molecule has 1 aromatic carbocycles. The lowest BCUT2D eigenvalue weighted by Crippen LogP contribution is -2.54. The predicted molar refractivity (Wildman–Crippen MR) is 157 cm³/mol. The molecule has 9 nitrogen and oxygen atoms in total. The number of ether oxygens (including phenoxy) is 2. The highest BCUT2D eigenvalue weighted by molar-refractivity contribution is 7.10. The molecule has 218 valence electrons. The number of carbonyl (C=O) groups is 3.